The van der Waals surface area contributed by atoms with E-state index in [1.54, 1.807) is 6.19 Å². The number of halogens is 3. The molecule has 0 radical (unpaired) electrons. The number of guanidine groups is 1. The van der Waals surface area contributed by atoms with Crippen molar-refractivity contribution >= 4 is 35.0 Å². The maximum Gasteiger partial charge on any atom is 0.432 e. The molecule has 1 rings (SSSR count). The van der Waals surface area contributed by atoms with E-state index in [-0.39, 0.29) is 5.75 Å². The highest BCUT2D eigenvalue weighted by Gasteiger charge is 2.57. The van der Waals surface area contributed by atoms with Gasteiger partial charge in [0.25, 0.3) is 0 Å². The second-order valence-electron chi connectivity index (χ2n) is 3.52. The van der Waals surface area contributed by atoms with Crippen molar-refractivity contribution in [2.75, 3.05) is 19.3 Å². The molecule has 0 saturated carbocycles. The Bertz CT molecular complexity index is 409. The Morgan fingerprint density at radius 3 is 2.90 bits per heavy atom. The lowest BCUT2D eigenvalue weighted by Crippen LogP contribution is -2.47. The SMILES string of the molecule is CN=C(NC#N)NCCCSC1(C(F)(F)F)NN=CS1. The van der Waals surface area contributed by atoms with Gasteiger partial charge in [0, 0.05) is 13.6 Å². The minimum atomic E-state index is -4.40. The quantitative estimate of drug-likeness (QED) is 0.232. The summed E-state index contributed by atoms with van der Waals surface area (Å²) in [5.41, 5.74) is 3.26. The Hall–Kier alpha value is -1.28. The molecule has 0 aromatic heterocycles. The molecule has 1 unspecified atom stereocenters. The van der Waals surface area contributed by atoms with Gasteiger partial charge < -0.3 is 5.32 Å². The highest BCUT2D eigenvalue weighted by Crippen LogP contribution is 2.48. The number of rotatable bonds is 5. The first-order valence-corrected chi connectivity index (χ1v) is 7.34. The van der Waals surface area contributed by atoms with Crippen LogP contribution in [0.3, 0.4) is 0 Å². The molecule has 6 nitrogen and oxygen atoms in total. The summed E-state index contributed by atoms with van der Waals surface area (Å²) in [6, 6.07) is 0. The van der Waals surface area contributed by atoms with Crippen molar-refractivity contribution in [3.8, 4) is 6.19 Å². The Labute approximate surface area is 122 Å². The van der Waals surface area contributed by atoms with Crippen molar-refractivity contribution in [2.24, 2.45) is 10.1 Å². The molecule has 3 N–H and O–H groups in total. The van der Waals surface area contributed by atoms with Gasteiger partial charge in [0.15, 0.2) is 6.19 Å². The van der Waals surface area contributed by atoms with Crippen LogP contribution in [0.15, 0.2) is 10.1 Å². The second-order valence-corrected chi connectivity index (χ2v) is 6.14. The predicted molar refractivity (Wildman–Crippen MR) is 75.2 cm³/mol. The van der Waals surface area contributed by atoms with Gasteiger partial charge in [-0.15, -0.1) is 11.8 Å². The number of thioether (sulfide) groups is 2. The third-order valence-electron chi connectivity index (χ3n) is 2.17. The lowest BCUT2D eigenvalue weighted by Gasteiger charge is -2.29. The zero-order valence-electron chi connectivity index (χ0n) is 10.5. The summed E-state index contributed by atoms with van der Waals surface area (Å²) in [7, 11) is 1.50. The van der Waals surface area contributed by atoms with Crippen molar-refractivity contribution in [3.05, 3.63) is 0 Å². The van der Waals surface area contributed by atoms with Crippen LogP contribution in [0.5, 0.6) is 0 Å². The van der Waals surface area contributed by atoms with Crippen LogP contribution < -0.4 is 16.1 Å². The second kappa shape index (κ2) is 7.49. The molecule has 0 amide bonds. The van der Waals surface area contributed by atoms with Gasteiger partial charge in [-0.1, -0.05) is 11.8 Å². The number of hydrazone groups is 1. The normalized spacial score (nSPS) is 22.2. The molecule has 1 atom stereocenters. The summed E-state index contributed by atoms with van der Waals surface area (Å²) in [5, 5.41) is 17.0. The van der Waals surface area contributed by atoms with Gasteiger partial charge in [-0.2, -0.15) is 23.5 Å². The third kappa shape index (κ3) is 4.38. The lowest BCUT2D eigenvalue weighted by atomic mass is 10.5. The molecule has 0 bridgehead atoms. The molecule has 1 heterocycles. The summed E-state index contributed by atoms with van der Waals surface area (Å²) < 4.78 is 36.7. The summed E-state index contributed by atoms with van der Waals surface area (Å²) in [6.07, 6.45) is -2.21. The molecule has 0 saturated heterocycles. The molecule has 1 aliphatic heterocycles. The monoisotopic (exact) mass is 326 g/mol. The molecule has 0 spiro atoms. The molecule has 0 aliphatic carbocycles. The fraction of sp³-hybridized carbons (Fsp3) is 0.667. The van der Waals surface area contributed by atoms with Gasteiger partial charge in [0.05, 0.1) is 5.55 Å². The van der Waals surface area contributed by atoms with Crippen molar-refractivity contribution in [2.45, 2.75) is 16.8 Å². The molecule has 0 aromatic rings. The van der Waals surface area contributed by atoms with Crippen LogP contribution in [-0.4, -0.2) is 41.2 Å². The minimum Gasteiger partial charge on any atom is -0.356 e. The molecular weight excluding hydrogens is 313 g/mol. The summed E-state index contributed by atoms with van der Waals surface area (Å²) in [6.45, 7) is 0.411. The lowest BCUT2D eigenvalue weighted by molar-refractivity contribution is -0.142. The van der Waals surface area contributed by atoms with Crippen LogP contribution in [-0.2, 0) is 0 Å². The smallest absolute Gasteiger partial charge is 0.356 e. The molecular formula is C9H13F3N6S2. The highest BCUT2D eigenvalue weighted by atomic mass is 32.2. The largest absolute Gasteiger partial charge is 0.432 e. The maximum atomic E-state index is 12.9. The first-order valence-electron chi connectivity index (χ1n) is 5.48. The predicted octanol–water partition coefficient (Wildman–Crippen LogP) is 1.25. The Morgan fingerprint density at radius 2 is 2.40 bits per heavy atom. The number of alkyl halides is 3. The number of hydrogen-bond acceptors (Lipinski definition) is 6. The van der Waals surface area contributed by atoms with Gasteiger partial charge in [0.2, 0.25) is 10.2 Å². The van der Waals surface area contributed by atoms with E-state index in [0.717, 1.165) is 17.3 Å². The summed E-state index contributed by atoms with van der Waals surface area (Å²) in [5.74, 6) is 0.569. The molecule has 11 heteroatoms. The van der Waals surface area contributed by atoms with Crippen LogP contribution in [0.1, 0.15) is 6.42 Å². The van der Waals surface area contributed by atoms with E-state index in [2.05, 4.69) is 26.2 Å². The van der Waals surface area contributed by atoms with Crippen molar-refractivity contribution in [1.82, 2.24) is 16.1 Å². The average molecular weight is 326 g/mol. The van der Waals surface area contributed by atoms with Crippen molar-refractivity contribution in [1.29, 1.82) is 5.26 Å². The van der Waals surface area contributed by atoms with Crippen molar-refractivity contribution in [3.63, 3.8) is 0 Å². The molecule has 0 aromatic carbocycles. The van der Waals surface area contributed by atoms with Gasteiger partial charge in [-0.3, -0.25) is 15.7 Å². The van der Waals surface area contributed by atoms with Crippen LogP contribution >= 0.6 is 23.5 Å². The van der Waals surface area contributed by atoms with Crippen LogP contribution in [0.2, 0.25) is 0 Å². The van der Waals surface area contributed by atoms with Gasteiger partial charge in [-0.25, -0.2) is 0 Å². The van der Waals surface area contributed by atoms with Crippen molar-refractivity contribution < 1.29 is 13.2 Å². The standard InChI is InChI=1S/C9H13F3N6S2/c1-14-7(16-5-13)15-3-2-4-19-9(8(10,11)12)18-17-6-20-9/h6,18H,2-4H2,1H3,(H2,14,15,16). The fourth-order valence-electron chi connectivity index (χ4n) is 1.24. The van der Waals surface area contributed by atoms with Crippen LogP contribution in [0.4, 0.5) is 13.2 Å². The minimum absolute atomic E-state index is 0.277. The Morgan fingerprint density at radius 1 is 1.65 bits per heavy atom. The third-order valence-corrected chi connectivity index (χ3v) is 4.90. The molecule has 112 valence electrons. The van der Waals surface area contributed by atoms with E-state index in [4.69, 9.17) is 5.26 Å². The van der Waals surface area contributed by atoms with E-state index in [0.29, 0.717) is 30.7 Å². The van der Waals surface area contributed by atoms with Crippen LogP contribution in [0, 0.1) is 11.5 Å². The number of nitriles is 1. The first-order chi connectivity index (χ1) is 9.45. The summed E-state index contributed by atoms with van der Waals surface area (Å²) >= 11 is 1.36. The van der Waals surface area contributed by atoms with Gasteiger partial charge >= 0.3 is 6.18 Å². The average Bonchev–Trinajstić information content (AvgIpc) is 2.86. The van der Waals surface area contributed by atoms with E-state index in [1.165, 1.54) is 7.05 Å². The summed E-state index contributed by atoms with van der Waals surface area (Å²) in [4.78, 5) is 3.75. The van der Waals surface area contributed by atoms with Gasteiger partial charge in [0.1, 0.15) is 0 Å². The first kappa shape index (κ1) is 16.8. The van der Waals surface area contributed by atoms with Crippen LogP contribution in [0.25, 0.3) is 0 Å². The van der Waals surface area contributed by atoms with E-state index < -0.39 is 10.4 Å². The molecule has 1 aliphatic rings. The zero-order valence-corrected chi connectivity index (χ0v) is 12.1. The van der Waals surface area contributed by atoms with E-state index in [9.17, 15) is 13.2 Å². The maximum absolute atomic E-state index is 12.9. The van der Waals surface area contributed by atoms with E-state index >= 15 is 0 Å². The molecule has 0 fully saturated rings. The topological polar surface area (TPSA) is 84.6 Å². The molecule has 20 heavy (non-hydrogen) atoms. The van der Waals surface area contributed by atoms with E-state index in [1.807, 2.05) is 0 Å². The Balaban J connectivity index is 2.31. The number of nitrogens with one attached hydrogen (secondary N) is 3. The number of aliphatic imine (C=N–C) groups is 1. The fourth-order valence-corrected chi connectivity index (χ4v) is 3.24. The highest BCUT2D eigenvalue weighted by molar-refractivity contribution is 8.25. The van der Waals surface area contributed by atoms with Gasteiger partial charge in [-0.05, 0) is 12.2 Å². The Kier molecular flexibility index (Phi) is 6.28. The zero-order chi connectivity index (χ0) is 15.1. The number of hydrogen-bond donors (Lipinski definition) is 3. The number of nitrogens with zero attached hydrogens (tertiary/aromatic N) is 3.